The highest BCUT2D eigenvalue weighted by atomic mass is 19.1. The first-order chi connectivity index (χ1) is 8.69. The monoisotopic (exact) mass is 244 g/mol. The number of carbonyl (C=O) groups is 1. The molecular formula is C15H13FO2. The van der Waals surface area contributed by atoms with Gasteiger partial charge >= 0.3 is 0 Å². The number of benzene rings is 2. The second kappa shape index (κ2) is 5.45. The van der Waals surface area contributed by atoms with Gasteiger partial charge in [0.25, 0.3) is 0 Å². The Kier molecular flexibility index (Phi) is 3.72. The lowest BCUT2D eigenvalue weighted by molar-refractivity contribution is 0.112. The van der Waals surface area contributed by atoms with Crippen molar-refractivity contribution < 1.29 is 13.9 Å². The van der Waals surface area contributed by atoms with Crippen LogP contribution in [0.25, 0.3) is 0 Å². The van der Waals surface area contributed by atoms with Crippen LogP contribution in [-0.4, -0.2) is 6.29 Å². The van der Waals surface area contributed by atoms with E-state index in [1.807, 2.05) is 6.07 Å². The Morgan fingerprint density at radius 1 is 1.17 bits per heavy atom. The normalized spacial score (nSPS) is 10.1. The summed E-state index contributed by atoms with van der Waals surface area (Å²) in [4.78, 5) is 10.5. The Hall–Kier alpha value is -2.16. The van der Waals surface area contributed by atoms with Crippen LogP contribution in [0.5, 0.6) is 5.75 Å². The van der Waals surface area contributed by atoms with E-state index in [1.165, 1.54) is 6.07 Å². The first-order valence-electron chi connectivity index (χ1n) is 5.62. The molecule has 0 aromatic heterocycles. The molecule has 0 aliphatic heterocycles. The molecular weight excluding hydrogens is 231 g/mol. The van der Waals surface area contributed by atoms with E-state index in [9.17, 15) is 9.18 Å². The molecule has 0 N–H and O–H groups in total. The quantitative estimate of drug-likeness (QED) is 0.769. The molecule has 0 radical (unpaired) electrons. The Morgan fingerprint density at radius 3 is 2.50 bits per heavy atom. The van der Waals surface area contributed by atoms with Gasteiger partial charge in [0.05, 0.1) is 0 Å². The van der Waals surface area contributed by atoms with E-state index < -0.39 is 0 Å². The highest BCUT2D eigenvalue weighted by molar-refractivity contribution is 5.74. The Balaban J connectivity index is 2.01. The maximum atomic E-state index is 13.3. The molecule has 92 valence electrons. The average Bonchev–Trinajstić information content (AvgIpc) is 2.41. The van der Waals surface area contributed by atoms with E-state index in [1.54, 1.807) is 37.3 Å². The van der Waals surface area contributed by atoms with E-state index in [-0.39, 0.29) is 5.82 Å². The third-order valence-electron chi connectivity index (χ3n) is 2.66. The van der Waals surface area contributed by atoms with Gasteiger partial charge in [-0.05, 0) is 48.4 Å². The Bertz CT molecular complexity index is 547. The zero-order valence-electron chi connectivity index (χ0n) is 10.0. The molecule has 2 aromatic rings. The SMILES string of the molecule is Cc1ccc(COc2ccc(C=O)cc2)cc1F. The van der Waals surface area contributed by atoms with Crippen molar-refractivity contribution >= 4 is 6.29 Å². The number of aryl methyl sites for hydroxylation is 1. The lowest BCUT2D eigenvalue weighted by atomic mass is 10.1. The maximum Gasteiger partial charge on any atom is 0.150 e. The summed E-state index contributed by atoms with van der Waals surface area (Å²) in [7, 11) is 0. The maximum absolute atomic E-state index is 13.3. The number of aldehydes is 1. The standard InChI is InChI=1S/C15H13FO2/c1-11-2-3-13(8-15(11)16)10-18-14-6-4-12(9-17)5-7-14/h2-9H,10H2,1H3. The Labute approximate surface area is 105 Å². The van der Waals surface area contributed by atoms with Crippen molar-refractivity contribution in [3.63, 3.8) is 0 Å². The fraction of sp³-hybridized carbons (Fsp3) is 0.133. The molecule has 2 aromatic carbocycles. The van der Waals surface area contributed by atoms with Gasteiger partial charge in [-0.15, -0.1) is 0 Å². The van der Waals surface area contributed by atoms with Crippen LogP contribution in [-0.2, 0) is 6.61 Å². The van der Waals surface area contributed by atoms with Crippen LogP contribution in [0.4, 0.5) is 4.39 Å². The fourth-order valence-corrected chi connectivity index (χ4v) is 1.54. The molecule has 0 saturated heterocycles. The van der Waals surface area contributed by atoms with E-state index >= 15 is 0 Å². The number of halogens is 1. The van der Waals surface area contributed by atoms with Gasteiger partial charge in [-0.25, -0.2) is 4.39 Å². The lowest BCUT2D eigenvalue weighted by Crippen LogP contribution is -1.97. The fourth-order valence-electron chi connectivity index (χ4n) is 1.54. The van der Waals surface area contributed by atoms with Gasteiger partial charge in [-0.2, -0.15) is 0 Å². The van der Waals surface area contributed by atoms with Crippen LogP contribution in [0.2, 0.25) is 0 Å². The summed E-state index contributed by atoms with van der Waals surface area (Å²) in [5, 5.41) is 0. The van der Waals surface area contributed by atoms with Crippen LogP contribution < -0.4 is 4.74 Å². The second-order valence-electron chi connectivity index (χ2n) is 4.06. The molecule has 0 aliphatic rings. The molecule has 0 fully saturated rings. The number of rotatable bonds is 4. The topological polar surface area (TPSA) is 26.3 Å². The molecule has 0 heterocycles. The highest BCUT2D eigenvalue weighted by Gasteiger charge is 2.01. The van der Waals surface area contributed by atoms with Crippen molar-refractivity contribution in [2.24, 2.45) is 0 Å². The van der Waals surface area contributed by atoms with E-state index in [4.69, 9.17) is 4.74 Å². The number of ether oxygens (including phenoxy) is 1. The van der Waals surface area contributed by atoms with Crippen molar-refractivity contribution in [1.82, 2.24) is 0 Å². The molecule has 0 bridgehead atoms. The van der Waals surface area contributed by atoms with Crippen LogP contribution >= 0.6 is 0 Å². The molecule has 0 unspecified atom stereocenters. The predicted molar refractivity (Wildman–Crippen MR) is 67.3 cm³/mol. The van der Waals surface area contributed by atoms with Gasteiger partial charge in [0.15, 0.2) is 0 Å². The summed E-state index contributed by atoms with van der Waals surface area (Å²) >= 11 is 0. The third-order valence-corrected chi connectivity index (χ3v) is 2.66. The number of hydrogen-bond acceptors (Lipinski definition) is 2. The summed E-state index contributed by atoms with van der Waals surface area (Å²) in [5.74, 6) is 0.425. The van der Waals surface area contributed by atoms with Gasteiger partial charge in [-0.1, -0.05) is 12.1 Å². The summed E-state index contributed by atoms with van der Waals surface area (Å²) in [6.45, 7) is 2.02. The van der Waals surface area contributed by atoms with Gasteiger partial charge < -0.3 is 4.74 Å². The molecule has 2 rings (SSSR count). The van der Waals surface area contributed by atoms with Crippen molar-refractivity contribution in [2.75, 3.05) is 0 Å². The minimum Gasteiger partial charge on any atom is -0.489 e. The summed E-state index contributed by atoms with van der Waals surface area (Å²) in [6, 6.07) is 11.8. The molecule has 0 aliphatic carbocycles. The lowest BCUT2D eigenvalue weighted by Gasteiger charge is -2.07. The predicted octanol–water partition coefficient (Wildman–Crippen LogP) is 3.53. The number of carbonyl (C=O) groups excluding carboxylic acids is 1. The smallest absolute Gasteiger partial charge is 0.150 e. The van der Waals surface area contributed by atoms with Gasteiger partial charge in [-0.3, -0.25) is 4.79 Å². The molecule has 0 atom stereocenters. The minimum atomic E-state index is -0.229. The summed E-state index contributed by atoms with van der Waals surface area (Å²) < 4.78 is 18.8. The first-order valence-corrected chi connectivity index (χ1v) is 5.62. The molecule has 18 heavy (non-hydrogen) atoms. The summed E-state index contributed by atoms with van der Waals surface area (Å²) in [6.07, 6.45) is 0.777. The van der Waals surface area contributed by atoms with Crippen LogP contribution in [0.3, 0.4) is 0 Å². The van der Waals surface area contributed by atoms with E-state index in [0.29, 0.717) is 23.5 Å². The van der Waals surface area contributed by atoms with E-state index in [2.05, 4.69) is 0 Å². The highest BCUT2D eigenvalue weighted by Crippen LogP contribution is 2.15. The zero-order chi connectivity index (χ0) is 13.0. The van der Waals surface area contributed by atoms with Gasteiger partial charge in [0.1, 0.15) is 24.5 Å². The Morgan fingerprint density at radius 2 is 1.89 bits per heavy atom. The molecule has 0 amide bonds. The van der Waals surface area contributed by atoms with Crippen molar-refractivity contribution in [2.45, 2.75) is 13.5 Å². The first kappa shape index (κ1) is 12.3. The molecule has 0 spiro atoms. The van der Waals surface area contributed by atoms with Gasteiger partial charge in [0, 0.05) is 5.56 Å². The number of hydrogen-bond donors (Lipinski definition) is 0. The molecule has 0 saturated carbocycles. The zero-order valence-corrected chi connectivity index (χ0v) is 10.0. The largest absolute Gasteiger partial charge is 0.489 e. The minimum absolute atomic E-state index is 0.229. The van der Waals surface area contributed by atoms with Crippen molar-refractivity contribution in [3.05, 3.63) is 65.0 Å². The van der Waals surface area contributed by atoms with Gasteiger partial charge in [0.2, 0.25) is 0 Å². The van der Waals surface area contributed by atoms with Crippen LogP contribution in [0.15, 0.2) is 42.5 Å². The third kappa shape index (κ3) is 2.94. The van der Waals surface area contributed by atoms with Crippen molar-refractivity contribution in [3.8, 4) is 5.75 Å². The van der Waals surface area contributed by atoms with Crippen LogP contribution in [0.1, 0.15) is 21.5 Å². The van der Waals surface area contributed by atoms with E-state index in [0.717, 1.165) is 11.8 Å². The second-order valence-corrected chi connectivity index (χ2v) is 4.06. The average molecular weight is 244 g/mol. The molecule has 2 nitrogen and oxygen atoms in total. The van der Waals surface area contributed by atoms with Crippen molar-refractivity contribution in [1.29, 1.82) is 0 Å². The summed E-state index contributed by atoms with van der Waals surface area (Å²) in [5.41, 5.74) is 2.00. The van der Waals surface area contributed by atoms with Crippen LogP contribution in [0, 0.1) is 12.7 Å². The molecule has 3 heteroatoms.